The fraction of sp³-hybridized carbons (Fsp3) is 0.286. The van der Waals surface area contributed by atoms with Gasteiger partial charge in [0.05, 0.1) is 0 Å². The van der Waals surface area contributed by atoms with E-state index in [2.05, 4.69) is 36.2 Å². The molecule has 19 heavy (non-hydrogen) atoms. The lowest BCUT2D eigenvalue weighted by Crippen LogP contribution is -1.97. The molecule has 0 aliphatic heterocycles. The van der Waals surface area contributed by atoms with Crippen molar-refractivity contribution in [1.82, 2.24) is 10.2 Å². The molecule has 0 saturated heterocycles. The van der Waals surface area contributed by atoms with Crippen molar-refractivity contribution in [2.24, 2.45) is 0 Å². The summed E-state index contributed by atoms with van der Waals surface area (Å²) in [5.74, 6) is -0.955. The molecule has 0 amide bonds. The third kappa shape index (κ3) is 2.81. The third-order valence-electron chi connectivity index (χ3n) is 2.97. The molecule has 1 aromatic carbocycles. The standard InChI is InChI=1S/C14H16N2O2S/c1-3-9-6-5-7-10(4-2)12(9)19-13-11(14(17)18)8-15-16-13/h5-8H,3-4H2,1-2H3,(H,15,16)(H,17,18). The molecule has 0 spiro atoms. The van der Waals surface area contributed by atoms with E-state index in [9.17, 15) is 4.79 Å². The van der Waals surface area contributed by atoms with Crippen LogP contribution >= 0.6 is 11.8 Å². The van der Waals surface area contributed by atoms with E-state index in [-0.39, 0.29) is 5.56 Å². The molecule has 1 aromatic heterocycles. The summed E-state index contributed by atoms with van der Waals surface area (Å²) in [5, 5.41) is 16.3. The summed E-state index contributed by atoms with van der Waals surface area (Å²) in [6.45, 7) is 4.20. The maximum Gasteiger partial charge on any atom is 0.340 e. The zero-order chi connectivity index (χ0) is 13.8. The highest BCUT2D eigenvalue weighted by molar-refractivity contribution is 7.99. The van der Waals surface area contributed by atoms with Gasteiger partial charge in [0, 0.05) is 11.1 Å². The Morgan fingerprint density at radius 1 is 1.32 bits per heavy atom. The number of rotatable bonds is 5. The second-order valence-corrected chi connectivity index (χ2v) is 5.12. The predicted octanol–water partition coefficient (Wildman–Crippen LogP) is 3.38. The van der Waals surface area contributed by atoms with Gasteiger partial charge >= 0.3 is 5.97 Å². The lowest BCUT2D eigenvalue weighted by Gasteiger charge is -2.11. The molecule has 0 atom stereocenters. The van der Waals surface area contributed by atoms with Gasteiger partial charge in [-0.1, -0.05) is 43.8 Å². The molecule has 0 saturated carbocycles. The topological polar surface area (TPSA) is 66.0 Å². The van der Waals surface area contributed by atoms with Gasteiger partial charge < -0.3 is 5.11 Å². The van der Waals surface area contributed by atoms with Crippen molar-refractivity contribution in [3.05, 3.63) is 41.1 Å². The number of benzene rings is 1. The summed E-state index contributed by atoms with van der Waals surface area (Å²) in [7, 11) is 0. The zero-order valence-electron chi connectivity index (χ0n) is 10.9. The van der Waals surface area contributed by atoms with Crippen molar-refractivity contribution in [2.45, 2.75) is 36.6 Å². The van der Waals surface area contributed by atoms with Crippen molar-refractivity contribution in [2.75, 3.05) is 0 Å². The number of H-pyrrole nitrogens is 1. The maximum absolute atomic E-state index is 11.1. The van der Waals surface area contributed by atoms with Gasteiger partial charge in [0.1, 0.15) is 10.6 Å². The van der Waals surface area contributed by atoms with Gasteiger partial charge in [0.2, 0.25) is 0 Å². The molecule has 2 rings (SSSR count). The highest BCUT2D eigenvalue weighted by Gasteiger charge is 2.16. The Kier molecular flexibility index (Phi) is 4.27. The average Bonchev–Trinajstić information content (AvgIpc) is 2.87. The highest BCUT2D eigenvalue weighted by Crippen LogP contribution is 2.34. The maximum atomic E-state index is 11.1. The number of carboxylic acids is 1. The number of hydrogen-bond donors (Lipinski definition) is 2. The van der Waals surface area contributed by atoms with E-state index < -0.39 is 5.97 Å². The van der Waals surface area contributed by atoms with Gasteiger partial charge in [0.25, 0.3) is 0 Å². The number of aromatic carboxylic acids is 1. The first-order valence-electron chi connectivity index (χ1n) is 6.23. The summed E-state index contributed by atoms with van der Waals surface area (Å²) in [5.41, 5.74) is 2.67. The normalized spacial score (nSPS) is 10.6. The number of carbonyl (C=O) groups is 1. The van der Waals surface area contributed by atoms with Gasteiger partial charge in [-0.2, -0.15) is 5.10 Å². The summed E-state index contributed by atoms with van der Waals surface area (Å²) < 4.78 is 0. The van der Waals surface area contributed by atoms with E-state index in [0.717, 1.165) is 17.7 Å². The Labute approximate surface area is 116 Å². The largest absolute Gasteiger partial charge is 0.478 e. The van der Waals surface area contributed by atoms with Crippen molar-refractivity contribution < 1.29 is 9.90 Å². The number of hydrogen-bond acceptors (Lipinski definition) is 3. The van der Waals surface area contributed by atoms with Crippen LogP contribution in [0.15, 0.2) is 34.3 Å². The van der Waals surface area contributed by atoms with Gasteiger partial charge in [-0.3, -0.25) is 5.10 Å². The van der Waals surface area contributed by atoms with E-state index in [1.165, 1.54) is 29.1 Å². The molecule has 0 fully saturated rings. The highest BCUT2D eigenvalue weighted by atomic mass is 32.2. The minimum atomic E-state index is -0.955. The molecular formula is C14H16N2O2S. The molecule has 100 valence electrons. The minimum absolute atomic E-state index is 0.220. The van der Waals surface area contributed by atoms with Crippen LogP contribution in [0.4, 0.5) is 0 Å². The van der Waals surface area contributed by atoms with Crippen LogP contribution in [0, 0.1) is 0 Å². The fourth-order valence-electron chi connectivity index (χ4n) is 1.93. The molecule has 0 unspecified atom stereocenters. The molecule has 0 aliphatic carbocycles. The van der Waals surface area contributed by atoms with Crippen LogP contribution in [-0.4, -0.2) is 21.3 Å². The van der Waals surface area contributed by atoms with Crippen LogP contribution in [-0.2, 0) is 12.8 Å². The summed E-state index contributed by atoms with van der Waals surface area (Å²) in [6.07, 6.45) is 3.26. The van der Waals surface area contributed by atoms with Crippen LogP contribution in [0.1, 0.15) is 35.3 Å². The molecule has 0 bridgehead atoms. The molecule has 4 nitrogen and oxygen atoms in total. The number of aryl methyl sites for hydroxylation is 2. The number of nitrogens with one attached hydrogen (secondary N) is 1. The van der Waals surface area contributed by atoms with Crippen LogP contribution in [0.5, 0.6) is 0 Å². The average molecular weight is 276 g/mol. The van der Waals surface area contributed by atoms with Crippen LogP contribution < -0.4 is 0 Å². The van der Waals surface area contributed by atoms with Crippen molar-refractivity contribution >= 4 is 17.7 Å². The first-order chi connectivity index (χ1) is 9.17. The molecule has 0 radical (unpaired) electrons. The Morgan fingerprint density at radius 2 is 1.95 bits per heavy atom. The second kappa shape index (κ2) is 5.93. The molecule has 2 aromatic rings. The Morgan fingerprint density at radius 3 is 2.47 bits per heavy atom. The Bertz CT molecular complexity index is 571. The van der Waals surface area contributed by atoms with Gasteiger partial charge in [-0.25, -0.2) is 4.79 Å². The van der Waals surface area contributed by atoms with E-state index in [1.807, 2.05) is 6.07 Å². The van der Waals surface area contributed by atoms with Crippen molar-refractivity contribution in [3.63, 3.8) is 0 Å². The van der Waals surface area contributed by atoms with Gasteiger partial charge in [-0.15, -0.1) is 0 Å². The molecular weight excluding hydrogens is 260 g/mol. The summed E-state index contributed by atoms with van der Waals surface area (Å²) in [4.78, 5) is 12.2. The summed E-state index contributed by atoms with van der Waals surface area (Å²) in [6, 6.07) is 6.20. The van der Waals surface area contributed by atoms with E-state index >= 15 is 0 Å². The summed E-state index contributed by atoms with van der Waals surface area (Å²) >= 11 is 1.43. The number of aromatic nitrogens is 2. The lowest BCUT2D eigenvalue weighted by atomic mass is 10.1. The molecule has 5 heteroatoms. The van der Waals surface area contributed by atoms with Crippen molar-refractivity contribution in [1.29, 1.82) is 0 Å². The van der Waals surface area contributed by atoms with Crippen LogP contribution in [0.2, 0.25) is 0 Å². The van der Waals surface area contributed by atoms with Crippen LogP contribution in [0.25, 0.3) is 0 Å². The van der Waals surface area contributed by atoms with Gasteiger partial charge in [-0.05, 0) is 24.0 Å². The fourth-order valence-corrected chi connectivity index (χ4v) is 3.17. The number of nitrogens with zero attached hydrogens (tertiary/aromatic N) is 1. The molecule has 1 heterocycles. The SMILES string of the molecule is CCc1cccc(CC)c1Sc1n[nH]cc1C(=O)O. The predicted molar refractivity (Wildman–Crippen MR) is 74.9 cm³/mol. The molecule has 2 N–H and O–H groups in total. The minimum Gasteiger partial charge on any atom is -0.478 e. The van der Waals surface area contributed by atoms with Crippen LogP contribution in [0.3, 0.4) is 0 Å². The van der Waals surface area contributed by atoms with E-state index in [0.29, 0.717) is 5.03 Å². The lowest BCUT2D eigenvalue weighted by molar-refractivity contribution is 0.0693. The smallest absolute Gasteiger partial charge is 0.340 e. The Balaban J connectivity index is 2.42. The first kappa shape index (κ1) is 13.7. The zero-order valence-corrected chi connectivity index (χ0v) is 11.8. The van der Waals surface area contributed by atoms with Gasteiger partial charge in [0.15, 0.2) is 0 Å². The monoisotopic (exact) mass is 276 g/mol. The quantitative estimate of drug-likeness (QED) is 0.878. The molecule has 0 aliphatic rings. The first-order valence-corrected chi connectivity index (χ1v) is 7.04. The second-order valence-electron chi connectivity index (χ2n) is 4.12. The third-order valence-corrected chi connectivity index (χ3v) is 4.21. The van der Waals surface area contributed by atoms with E-state index in [1.54, 1.807) is 0 Å². The van der Waals surface area contributed by atoms with E-state index in [4.69, 9.17) is 5.11 Å². The van der Waals surface area contributed by atoms with Crippen molar-refractivity contribution in [3.8, 4) is 0 Å². The number of aromatic amines is 1. The number of carboxylic acid groups (broad SMARTS) is 1. The Hall–Kier alpha value is -1.75.